The number of piperazine rings is 1. The molecule has 2 amide bonds. The van der Waals surface area contributed by atoms with Crippen molar-refractivity contribution in [2.75, 3.05) is 40.9 Å². The molecule has 1 aromatic heterocycles. The zero-order chi connectivity index (χ0) is 34.5. The van der Waals surface area contributed by atoms with Gasteiger partial charge in [0, 0.05) is 48.0 Å². The Hall–Kier alpha value is -4.42. The van der Waals surface area contributed by atoms with Gasteiger partial charge in [-0.15, -0.1) is 11.3 Å². The van der Waals surface area contributed by atoms with Gasteiger partial charge in [-0.3, -0.25) is 9.59 Å². The lowest BCUT2D eigenvalue weighted by molar-refractivity contribution is -0.119. The van der Waals surface area contributed by atoms with Gasteiger partial charge in [0.05, 0.1) is 11.3 Å². The van der Waals surface area contributed by atoms with Crippen LogP contribution in [0.4, 0.5) is 17.1 Å². The molecule has 6 aliphatic rings. The summed E-state index contributed by atoms with van der Waals surface area (Å²) in [6.07, 6.45) is 11.0. The molecule has 6 fully saturated rings. The summed E-state index contributed by atoms with van der Waals surface area (Å²) in [4.78, 5) is 36.5. The SMILES string of the molecule is CCCc1ccc(N2CCN(c3ccc(N4C(=O)C(=CCc5csc(-c6cc[c]cc6)c5)C(=C5C6CC7CC(C6)CC5C7)C4=O)cc3)CC2)cc1. The number of hydrogen-bond acceptors (Lipinski definition) is 5. The molecule has 6 heteroatoms. The molecule has 4 bridgehead atoms. The molecular formula is C45H46N3O2S. The molecule has 259 valence electrons. The minimum Gasteiger partial charge on any atom is -0.368 e. The maximum absolute atomic E-state index is 14.6. The van der Waals surface area contributed by atoms with Gasteiger partial charge in [0.15, 0.2) is 0 Å². The second-order valence-electron chi connectivity index (χ2n) is 15.4. The number of benzene rings is 3. The number of imide groups is 1. The third kappa shape index (κ3) is 6.16. The molecule has 4 saturated carbocycles. The van der Waals surface area contributed by atoms with Gasteiger partial charge in [-0.2, -0.15) is 0 Å². The Balaban J connectivity index is 0.962. The summed E-state index contributed by atoms with van der Waals surface area (Å²) < 4.78 is 0. The first-order chi connectivity index (χ1) is 25.0. The van der Waals surface area contributed by atoms with Crippen molar-refractivity contribution in [3.8, 4) is 10.4 Å². The van der Waals surface area contributed by atoms with Gasteiger partial charge in [0.1, 0.15) is 0 Å². The van der Waals surface area contributed by atoms with Crippen LogP contribution in [0, 0.1) is 29.7 Å². The monoisotopic (exact) mass is 692 g/mol. The molecule has 4 aromatic rings. The van der Waals surface area contributed by atoms with Crippen molar-refractivity contribution in [3.63, 3.8) is 0 Å². The van der Waals surface area contributed by atoms with Crippen molar-refractivity contribution < 1.29 is 9.59 Å². The average molecular weight is 693 g/mol. The minimum atomic E-state index is -0.170. The highest BCUT2D eigenvalue weighted by molar-refractivity contribution is 7.13. The van der Waals surface area contributed by atoms with Crippen molar-refractivity contribution in [1.82, 2.24) is 0 Å². The van der Waals surface area contributed by atoms with E-state index in [1.54, 1.807) is 11.3 Å². The van der Waals surface area contributed by atoms with Gasteiger partial charge in [-0.25, -0.2) is 4.90 Å². The Labute approximate surface area is 306 Å². The van der Waals surface area contributed by atoms with Crippen molar-refractivity contribution in [2.45, 2.75) is 58.3 Å². The molecule has 3 heterocycles. The first kappa shape index (κ1) is 32.5. The van der Waals surface area contributed by atoms with E-state index in [9.17, 15) is 9.59 Å². The van der Waals surface area contributed by atoms with Crippen LogP contribution in [0.25, 0.3) is 10.4 Å². The van der Waals surface area contributed by atoms with Gasteiger partial charge >= 0.3 is 0 Å². The fourth-order valence-corrected chi connectivity index (χ4v) is 10.9. The summed E-state index contributed by atoms with van der Waals surface area (Å²) in [5.74, 6) is 2.16. The van der Waals surface area contributed by atoms with E-state index < -0.39 is 0 Å². The van der Waals surface area contributed by atoms with E-state index in [0.29, 0.717) is 29.5 Å². The van der Waals surface area contributed by atoms with Gasteiger partial charge in [0.2, 0.25) is 0 Å². The molecule has 2 saturated heterocycles. The second kappa shape index (κ2) is 13.6. The third-order valence-corrected chi connectivity index (χ3v) is 13.2. The summed E-state index contributed by atoms with van der Waals surface area (Å²) in [5.41, 5.74) is 9.49. The van der Waals surface area contributed by atoms with E-state index in [0.717, 1.165) is 55.7 Å². The van der Waals surface area contributed by atoms with E-state index in [4.69, 9.17) is 0 Å². The lowest BCUT2D eigenvalue weighted by atomic mass is 9.53. The van der Waals surface area contributed by atoms with Gasteiger partial charge in [-0.05, 0) is 139 Å². The van der Waals surface area contributed by atoms with Gasteiger partial charge in [-0.1, -0.05) is 61.4 Å². The highest BCUT2D eigenvalue weighted by Gasteiger charge is 2.50. The van der Waals surface area contributed by atoms with Crippen molar-refractivity contribution >= 4 is 40.2 Å². The fraction of sp³-hybridized carbons (Fsp3) is 0.378. The Morgan fingerprint density at radius 2 is 1.31 bits per heavy atom. The van der Waals surface area contributed by atoms with E-state index >= 15 is 0 Å². The van der Waals surface area contributed by atoms with Crippen molar-refractivity contribution in [1.29, 1.82) is 0 Å². The zero-order valence-electron chi connectivity index (χ0n) is 29.5. The van der Waals surface area contributed by atoms with Crippen LogP contribution >= 0.6 is 11.3 Å². The summed E-state index contributed by atoms with van der Waals surface area (Å²) in [7, 11) is 0. The van der Waals surface area contributed by atoms with Crippen LogP contribution in [0.5, 0.6) is 0 Å². The molecule has 0 atom stereocenters. The molecule has 2 aliphatic heterocycles. The lowest BCUT2D eigenvalue weighted by Gasteiger charge is -2.52. The number of nitrogens with zero attached hydrogens (tertiary/aromatic N) is 3. The average Bonchev–Trinajstić information content (AvgIpc) is 3.73. The summed E-state index contributed by atoms with van der Waals surface area (Å²) in [6, 6.07) is 30.6. The maximum atomic E-state index is 14.6. The third-order valence-electron chi connectivity index (χ3n) is 12.2. The Kier molecular flexibility index (Phi) is 8.67. The van der Waals surface area contributed by atoms with Crippen LogP contribution in [0.2, 0.25) is 0 Å². The van der Waals surface area contributed by atoms with E-state index in [2.05, 4.69) is 88.8 Å². The number of carbonyl (C=O) groups excluding carboxylic acids is 2. The predicted molar refractivity (Wildman–Crippen MR) is 208 cm³/mol. The van der Waals surface area contributed by atoms with Crippen LogP contribution in [0.3, 0.4) is 0 Å². The first-order valence-corrected chi connectivity index (χ1v) is 20.0. The molecule has 1 radical (unpaired) electrons. The number of hydrogen-bond donors (Lipinski definition) is 0. The summed E-state index contributed by atoms with van der Waals surface area (Å²) in [5, 5.41) is 2.18. The lowest BCUT2D eigenvalue weighted by Crippen LogP contribution is -2.46. The molecule has 3 aromatic carbocycles. The van der Waals surface area contributed by atoms with Crippen LogP contribution in [-0.2, 0) is 22.4 Å². The molecule has 0 unspecified atom stereocenters. The Bertz CT molecular complexity index is 1950. The molecule has 0 spiro atoms. The molecule has 0 N–H and O–H groups in total. The van der Waals surface area contributed by atoms with Crippen LogP contribution in [0.1, 0.15) is 56.6 Å². The van der Waals surface area contributed by atoms with E-state index in [1.807, 2.05) is 24.3 Å². The standard InChI is InChI=1S/C45H46N3O2S/c1-2-6-30-9-12-37(13-10-30)46-19-21-47(22-20-46)38-14-16-39(17-15-38)48-44(49)40(18-11-31-28-41(51-29-31)34-7-4-3-5-8-34)43(45(48)50)42-35-24-32-23-33(26-35)27-36(42)25-32/h4-5,7-10,12-18,28-29,32-33,35-36H,2,6,11,19-27H2,1H3. The summed E-state index contributed by atoms with van der Waals surface area (Å²) >= 11 is 1.72. The second-order valence-corrected chi connectivity index (χ2v) is 16.3. The maximum Gasteiger partial charge on any atom is 0.266 e. The molecule has 5 nitrogen and oxygen atoms in total. The number of anilines is 3. The minimum absolute atomic E-state index is 0.119. The first-order valence-electron chi connectivity index (χ1n) is 19.1. The quantitative estimate of drug-likeness (QED) is 0.136. The number of rotatable bonds is 8. The highest BCUT2D eigenvalue weighted by Crippen LogP contribution is 2.58. The predicted octanol–water partition coefficient (Wildman–Crippen LogP) is 9.29. The number of thiophene rings is 1. The number of carbonyl (C=O) groups is 2. The molecule has 4 aliphatic carbocycles. The Morgan fingerprint density at radius 3 is 1.92 bits per heavy atom. The number of allylic oxidation sites excluding steroid dienone is 2. The number of amides is 2. The Morgan fingerprint density at radius 1 is 0.725 bits per heavy atom. The zero-order valence-corrected chi connectivity index (χ0v) is 30.3. The smallest absolute Gasteiger partial charge is 0.266 e. The highest BCUT2D eigenvalue weighted by atomic mass is 32.1. The topological polar surface area (TPSA) is 43.9 Å². The normalized spacial score (nSPS) is 25.2. The van der Waals surface area contributed by atoms with E-state index in [1.165, 1.54) is 76.3 Å². The molecule has 51 heavy (non-hydrogen) atoms. The van der Waals surface area contributed by atoms with Gasteiger partial charge in [0.25, 0.3) is 11.8 Å². The van der Waals surface area contributed by atoms with E-state index in [-0.39, 0.29) is 11.8 Å². The van der Waals surface area contributed by atoms with Crippen LogP contribution < -0.4 is 14.7 Å². The van der Waals surface area contributed by atoms with Crippen molar-refractivity contribution in [3.05, 3.63) is 124 Å². The molecular weight excluding hydrogens is 647 g/mol. The van der Waals surface area contributed by atoms with Crippen LogP contribution in [0.15, 0.2) is 107 Å². The van der Waals surface area contributed by atoms with Crippen LogP contribution in [-0.4, -0.2) is 38.0 Å². The fourth-order valence-electron chi connectivity index (χ4n) is 9.95. The van der Waals surface area contributed by atoms with Crippen molar-refractivity contribution in [2.24, 2.45) is 23.7 Å². The van der Waals surface area contributed by atoms with Gasteiger partial charge < -0.3 is 9.80 Å². The summed E-state index contributed by atoms with van der Waals surface area (Å²) in [6.45, 7) is 6.00. The number of aryl methyl sites for hydroxylation is 1. The largest absolute Gasteiger partial charge is 0.368 e. The molecule has 10 rings (SSSR count).